The molecule has 1 aromatic heterocycles. The quantitative estimate of drug-likeness (QED) is 0.798. The number of hydrogen-bond donors (Lipinski definition) is 0. The number of rotatable bonds is 5. The zero-order chi connectivity index (χ0) is 18.6. The summed E-state index contributed by atoms with van der Waals surface area (Å²) in [5.41, 5.74) is 0.856. The van der Waals surface area contributed by atoms with E-state index in [2.05, 4.69) is 9.97 Å². The van der Waals surface area contributed by atoms with Crippen molar-refractivity contribution in [3.05, 3.63) is 48.8 Å². The molecule has 3 heterocycles. The molecule has 2 fully saturated rings. The normalized spacial score (nSPS) is 19.6. The number of amides is 3. The van der Waals surface area contributed by atoms with Gasteiger partial charge in [0.25, 0.3) is 0 Å². The highest BCUT2D eigenvalue weighted by atomic mass is 16.5. The molecule has 0 saturated carbocycles. The molecule has 0 radical (unpaired) electrons. The predicted molar refractivity (Wildman–Crippen MR) is 98.4 cm³/mol. The number of anilines is 1. The number of aromatic nitrogens is 2. The van der Waals surface area contributed by atoms with Crippen molar-refractivity contribution in [3.63, 3.8) is 0 Å². The number of para-hydroxylation sites is 1. The van der Waals surface area contributed by atoms with E-state index in [4.69, 9.17) is 4.74 Å². The van der Waals surface area contributed by atoms with Gasteiger partial charge in [0, 0.05) is 44.1 Å². The summed E-state index contributed by atoms with van der Waals surface area (Å²) in [6, 6.07) is 11.4. The first-order chi connectivity index (χ1) is 13.2. The molecule has 0 spiro atoms. The van der Waals surface area contributed by atoms with Crippen LogP contribution in [-0.4, -0.2) is 70.5 Å². The van der Waals surface area contributed by atoms with E-state index >= 15 is 0 Å². The lowest BCUT2D eigenvalue weighted by molar-refractivity contribution is -0.130. The minimum absolute atomic E-state index is 0.0571. The number of likely N-dealkylation sites (tertiary alicyclic amines) is 1. The van der Waals surface area contributed by atoms with Gasteiger partial charge < -0.3 is 14.5 Å². The zero-order valence-corrected chi connectivity index (χ0v) is 14.9. The first-order valence-electron chi connectivity index (χ1n) is 9.03. The van der Waals surface area contributed by atoms with E-state index < -0.39 is 0 Å². The summed E-state index contributed by atoms with van der Waals surface area (Å²) in [5, 5.41) is 0. The highest BCUT2D eigenvalue weighted by Crippen LogP contribution is 2.20. The smallest absolute Gasteiger partial charge is 0.325 e. The molecule has 0 bridgehead atoms. The third-order valence-corrected chi connectivity index (χ3v) is 4.80. The van der Waals surface area contributed by atoms with Gasteiger partial charge in [-0.1, -0.05) is 18.2 Å². The Hall–Kier alpha value is -3.16. The fourth-order valence-electron chi connectivity index (χ4n) is 3.39. The van der Waals surface area contributed by atoms with Crippen molar-refractivity contribution < 1.29 is 14.3 Å². The number of nitrogens with zero attached hydrogens (tertiary/aromatic N) is 5. The van der Waals surface area contributed by atoms with Crippen molar-refractivity contribution in [1.29, 1.82) is 0 Å². The topological polar surface area (TPSA) is 78.9 Å². The van der Waals surface area contributed by atoms with Gasteiger partial charge in [-0.05, 0) is 18.2 Å². The fraction of sp³-hybridized carbons (Fsp3) is 0.368. The summed E-state index contributed by atoms with van der Waals surface area (Å²) in [4.78, 5) is 38.4. The number of urea groups is 1. The second kappa shape index (κ2) is 7.61. The Labute approximate surface area is 157 Å². The molecule has 0 N–H and O–H groups in total. The minimum Gasteiger partial charge on any atom is -0.458 e. The second-order valence-electron chi connectivity index (χ2n) is 6.59. The molecule has 1 atom stereocenters. The molecule has 2 aliphatic heterocycles. The van der Waals surface area contributed by atoms with E-state index in [0.717, 1.165) is 12.1 Å². The summed E-state index contributed by atoms with van der Waals surface area (Å²) >= 11 is 0. The molecular formula is C19H21N5O3. The van der Waals surface area contributed by atoms with Crippen LogP contribution in [-0.2, 0) is 4.79 Å². The van der Waals surface area contributed by atoms with Crippen molar-refractivity contribution >= 4 is 17.6 Å². The number of ether oxygens (including phenoxy) is 1. The maximum absolute atomic E-state index is 12.6. The Morgan fingerprint density at radius 3 is 2.63 bits per heavy atom. The van der Waals surface area contributed by atoms with Gasteiger partial charge in [-0.3, -0.25) is 9.69 Å². The Kier molecular flexibility index (Phi) is 4.86. The maximum atomic E-state index is 12.6. The number of hydrogen-bond acceptors (Lipinski definition) is 5. The molecule has 27 heavy (non-hydrogen) atoms. The van der Waals surface area contributed by atoms with Crippen LogP contribution in [0.25, 0.3) is 0 Å². The van der Waals surface area contributed by atoms with Crippen molar-refractivity contribution in [1.82, 2.24) is 19.8 Å². The summed E-state index contributed by atoms with van der Waals surface area (Å²) in [5.74, 6) is -0.0571. The molecule has 4 rings (SSSR count). The van der Waals surface area contributed by atoms with Crippen LogP contribution in [0.1, 0.15) is 6.42 Å². The molecular weight excluding hydrogens is 346 g/mol. The fourth-order valence-corrected chi connectivity index (χ4v) is 3.39. The molecule has 8 nitrogen and oxygen atoms in total. The van der Waals surface area contributed by atoms with Crippen LogP contribution >= 0.6 is 0 Å². The number of carbonyl (C=O) groups excluding carboxylic acids is 2. The third-order valence-electron chi connectivity index (χ3n) is 4.80. The molecule has 0 unspecified atom stereocenters. The first kappa shape index (κ1) is 17.3. The Balaban J connectivity index is 1.30. The van der Waals surface area contributed by atoms with E-state index in [1.54, 1.807) is 33.2 Å². The molecule has 8 heteroatoms. The summed E-state index contributed by atoms with van der Waals surface area (Å²) in [6.45, 7) is 2.33. The first-order valence-corrected chi connectivity index (χ1v) is 9.03. The zero-order valence-electron chi connectivity index (χ0n) is 14.9. The van der Waals surface area contributed by atoms with Crippen molar-refractivity contribution in [2.45, 2.75) is 12.5 Å². The molecule has 140 valence electrons. The highest BCUT2D eigenvalue weighted by Gasteiger charge is 2.34. The Morgan fingerprint density at radius 1 is 1.07 bits per heavy atom. The van der Waals surface area contributed by atoms with Crippen molar-refractivity contribution in [2.75, 3.05) is 37.6 Å². The predicted octanol–water partition coefficient (Wildman–Crippen LogP) is 1.40. The third kappa shape index (κ3) is 3.84. The van der Waals surface area contributed by atoms with E-state index in [1.165, 1.54) is 0 Å². The van der Waals surface area contributed by atoms with Gasteiger partial charge in [-0.2, -0.15) is 0 Å². The standard InChI is InChI=1S/C19H21N5O3/c25-17(22-10-7-16(13-22)27-18-20-8-4-9-21-18)14-23-11-12-24(19(23)26)15-5-2-1-3-6-15/h1-6,8-9,16H,7,10-14H2/t16-/m1/s1. The summed E-state index contributed by atoms with van der Waals surface area (Å²) in [7, 11) is 0. The lowest BCUT2D eigenvalue weighted by Crippen LogP contribution is -2.42. The lowest BCUT2D eigenvalue weighted by Gasteiger charge is -2.22. The van der Waals surface area contributed by atoms with Gasteiger partial charge >= 0.3 is 12.0 Å². The summed E-state index contributed by atoms with van der Waals surface area (Å²) in [6.07, 6.45) is 3.86. The average molecular weight is 367 g/mol. The molecule has 3 amide bonds. The van der Waals surface area contributed by atoms with Crippen molar-refractivity contribution in [3.8, 4) is 6.01 Å². The average Bonchev–Trinajstić information content (AvgIpc) is 3.31. The Morgan fingerprint density at radius 2 is 1.85 bits per heavy atom. The van der Waals surface area contributed by atoms with Gasteiger partial charge in [0.15, 0.2) is 0 Å². The molecule has 2 aliphatic rings. The van der Waals surface area contributed by atoms with Gasteiger partial charge in [-0.15, -0.1) is 0 Å². The van der Waals surface area contributed by atoms with Crippen LogP contribution < -0.4 is 9.64 Å². The van der Waals surface area contributed by atoms with Crippen LogP contribution in [0.3, 0.4) is 0 Å². The van der Waals surface area contributed by atoms with E-state index in [1.807, 2.05) is 30.3 Å². The minimum atomic E-state index is -0.126. The van der Waals surface area contributed by atoms with E-state index in [-0.39, 0.29) is 24.6 Å². The van der Waals surface area contributed by atoms with Crippen LogP contribution in [0.15, 0.2) is 48.8 Å². The molecule has 2 saturated heterocycles. The van der Waals surface area contributed by atoms with Gasteiger partial charge in [0.1, 0.15) is 12.6 Å². The second-order valence-corrected chi connectivity index (χ2v) is 6.59. The number of carbonyl (C=O) groups is 2. The van der Waals surface area contributed by atoms with Crippen LogP contribution in [0.5, 0.6) is 6.01 Å². The van der Waals surface area contributed by atoms with E-state index in [0.29, 0.717) is 32.2 Å². The highest BCUT2D eigenvalue weighted by molar-refractivity contribution is 5.96. The monoisotopic (exact) mass is 367 g/mol. The molecule has 1 aromatic carbocycles. The largest absolute Gasteiger partial charge is 0.458 e. The van der Waals surface area contributed by atoms with Gasteiger partial charge in [0.05, 0.1) is 6.54 Å². The van der Waals surface area contributed by atoms with E-state index in [9.17, 15) is 9.59 Å². The maximum Gasteiger partial charge on any atom is 0.325 e. The van der Waals surface area contributed by atoms with Crippen LogP contribution in [0, 0.1) is 0 Å². The van der Waals surface area contributed by atoms with Crippen LogP contribution in [0.2, 0.25) is 0 Å². The van der Waals surface area contributed by atoms with Crippen molar-refractivity contribution in [2.24, 2.45) is 0 Å². The SMILES string of the molecule is O=C(CN1CCN(c2ccccc2)C1=O)N1CC[C@@H](Oc2ncccn2)C1. The lowest BCUT2D eigenvalue weighted by atomic mass is 10.3. The molecule has 0 aliphatic carbocycles. The van der Waals surface area contributed by atoms with Crippen LogP contribution in [0.4, 0.5) is 10.5 Å². The number of benzene rings is 1. The Bertz CT molecular complexity index is 802. The van der Waals surface area contributed by atoms with Gasteiger partial charge in [0.2, 0.25) is 5.91 Å². The summed E-state index contributed by atoms with van der Waals surface area (Å²) < 4.78 is 5.72. The van der Waals surface area contributed by atoms with Gasteiger partial charge in [-0.25, -0.2) is 14.8 Å². The molecule has 2 aromatic rings.